The van der Waals surface area contributed by atoms with E-state index in [1.54, 1.807) is 6.20 Å². The Balaban J connectivity index is 2.41. The fraction of sp³-hybridized carbons (Fsp3) is 0.333. The number of Topliss-reactive ketones (excluding diaryl/α,β-unsaturated/α-hetero) is 1. The monoisotopic (exact) mass is 147 g/mol. The number of aromatic nitrogens is 1. The molecule has 1 aromatic rings. The fourth-order valence-electron chi connectivity index (χ4n) is 1.41. The highest BCUT2D eigenvalue weighted by Gasteiger charge is 2.14. The topological polar surface area (TPSA) is 30.0 Å². The zero-order valence-corrected chi connectivity index (χ0v) is 6.21. The van der Waals surface area contributed by atoms with Crippen molar-refractivity contribution in [2.75, 3.05) is 0 Å². The van der Waals surface area contributed by atoms with Gasteiger partial charge in [0, 0.05) is 19.0 Å². The van der Waals surface area contributed by atoms with Crippen LogP contribution in [0.25, 0.3) is 0 Å². The Bertz CT molecular complexity index is 293. The van der Waals surface area contributed by atoms with Crippen molar-refractivity contribution in [1.29, 1.82) is 0 Å². The van der Waals surface area contributed by atoms with E-state index in [0.29, 0.717) is 18.6 Å². The number of carbonyl (C=O) groups excluding carboxylic acids is 1. The zero-order valence-electron chi connectivity index (χ0n) is 6.21. The number of aryl methyl sites for hydroxylation is 1. The lowest BCUT2D eigenvalue weighted by molar-refractivity contribution is -0.118. The number of rotatable bonds is 0. The molecule has 0 bridgehead atoms. The summed E-state index contributed by atoms with van der Waals surface area (Å²) in [6, 6.07) is 3.98. The predicted molar refractivity (Wildman–Crippen MR) is 41.3 cm³/mol. The molecule has 0 saturated heterocycles. The minimum atomic E-state index is 0.316. The van der Waals surface area contributed by atoms with Gasteiger partial charge in [0.15, 0.2) is 0 Å². The van der Waals surface area contributed by atoms with E-state index < -0.39 is 0 Å². The summed E-state index contributed by atoms with van der Waals surface area (Å²) in [4.78, 5) is 15.1. The van der Waals surface area contributed by atoms with Gasteiger partial charge in [-0.25, -0.2) is 0 Å². The summed E-state index contributed by atoms with van der Waals surface area (Å²) < 4.78 is 0. The summed E-state index contributed by atoms with van der Waals surface area (Å²) in [5, 5.41) is 0. The molecule has 0 saturated carbocycles. The first-order valence-corrected chi connectivity index (χ1v) is 3.81. The Hall–Kier alpha value is -1.18. The van der Waals surface area contributed by atoms with Crippen LogP contribution in [0.4, 0.5) is 0 Å². The Labute approximate surface area is 65.3 Å². The number of pyridine rings is 1. The molecule has 2 nitrogen and oxygen atoms in total. The lowest BCUT2D eigenvalue weighted by Crippen LogP contribution is -2.14. The van der Waals surface area contributed by atoms with Crippen LogP contribution in [-0.4, -0.2) is 10.8 Å². The molecule has 1 aliphatic rings. The number of hydrogen-bond donors (Lipinski definition) is 0. The predicted octanol–water partition coefficient (Wildman–Crippen LogP) is 1.14. The molecule has 56 valence electrons. The zero-order chi connectivity index (χ0) is 7.68. The van der Waals surface area contributed by atoms with E-state index in [4.69, 9.17) is 0 Å². The van der Waals surface area contributed by atoms with E-state index in [0.717, 1.165) is 12.1 Å². The van der Waals surface area contributed by atoms with E-state index in [9.17, 15) is 4.79 Å². The first-order chi connectivity index (χ1) is 5.36. The molecule has 11 heavy (non-hydrogen) atoms. The third-order valence-corrected chi connectivity index (χ3v) is 2.02. The second-order valence-electron chi connectivity index (χ2n) is 2.82. The van der Waals surface area contributed by atoms with Gasteiger partial charge in [-0.15, -0.1) is 0 Å². The highest BCUT2D eigenvalue weighted by Crippen LogP contribution is 2.15. The molecule has 1 aromatic heterocycles. The van der Waals surface area contributed by atoms with Crippen molar-refractivity contribution in [2.45, 2.75) is 19.3 Å². The van der Waals surface area contributed by atoms with Gasteiger partial charge in [0.25, 0.3) is 0 Å². The van der Waals surface area contributed by atoms with Crippen molar-refractivity contribution in [2.24, 2.45) is 0 Å². The van der Waals surface area contributed by atoms with Gasteiger partial charge >= 0.3 is 0 Å². The van der Waals surface area contributed by atoms with Crippen molar-refractivity contribution in [1.82, 2.24) is 4.98 Å². The van der Waals surface area contributed by atoms with Gasteiger partial charge in [0.05, 0.1) is 5.69 Å². The van der Waals surface area contributed by atoms with E-state index in [1.807, 2.05) is 6.07 Å². The number of ketones is 1. The van der Waals surface area contributed by atoms with Crippen LogP contribution in [0.1, 0.15) is 17.7 Å². The summed E-state index contributed by atoms with van der Waals surface area (Å²) in [7, 11) is 0. The largest absolute Gasteiger partial charge is 0.299 e. The molecular formula is C9H9NO. The molecule has 0 spiro atoms. The average Bonchev–Trinajstić information content (AvgIpc) is 2.04. The first-order valence-electron chi connectivity index (χ1n) is 3.81. The summed E-state index contributed by atoms with van der Waals surface area (Å²) in [5.41, 5.74) is 2.22. The van der Waals surface area contributed by atoms with Gasteiger partial charge in [0.1, 0.15) is 5.78 Å². The SMILES string of the molecule is O=C1CCc2cccnc2C1. The van der Waals surface area contributed by atoms with Crippen molar-refractivity contribution < 1.29 is 4.79 Å². The van der Waals surface area contributed by atoms with Gasteiger partial charge in [-0.2, -0.15) is 0 Å². The average molecular weight is 147 g/mol. The summed E-state index contributed by atoms with van der Waals surface area (Å²) in [6.45, 7) is 0. The third-order valence-electron chi connectivity index (χ3n) is 2.02. The van der Waals surface area contributed by atoms with Crippen LogP contribution in [0.15, 0.2) is 18.3 Å². The Morgan fingerprint density at radius 3 is 3.18 bits per heavy atom. The first kappa shape index (κ1) is 6.53. The molecule has 0 aliphatic heterocycles. The standard InChI is InChI=1S/C9H9NO/c11-8-4-3-7-2-1-5-10-9(7)6-8/h1-2,5H,3-4,6H2. The van der Waals surface area contributed by atoms with E-state index >= 15 is 0 Å². The molecule has 0 amide bonds. The number of nitrogens with zero attached hydrogens (tertiary/aromatic N) is 1. The Morgan fingerprint density at radius 2 is 2.27 bits per heavy atom. The van der Waals surface area contributed by atoms with Crippen LogP contribution >= 0.6 is 0 Å². The normalized spacial score (nSPS) is 16.2. The van der Waals surface area contributed by atoms with Crippen LogP contribution in [0, 0.1) is 0 Å². The molecule has 2 rings (SSSR count). The van der Waals surface area contributed by atoms with E-state index in [1.165, 1.54) is 5.56 Å². The van der Waals surface area contributed by atoms with Gasteiger partial charge in [-0.05, 0) is 18.1 Å². The van der Waals surface area contributed by atoms with E-state index in [-0.39, 0.29) is 0 Å². The van der Waals surface area contributed by atoms with Crippen LogP contribution < -0.4 is 0 Å². The summed E-state index contributed by atoms with van der Waals surface area (Å²) >= 11 is 0. The van der Waals surface area contributed by atoms with Crippen molar-refractivity contribution in [3.05, 3.63) is 29.6 Å². The van der Waals surface area contributed by atoms with Crippen molar-refractivity contribution in [3.8, 4) is 0 Å². The van der Waals surface area contributed by atoms with Gasteiger partial charge in [-0.1, -0.05) is 6.07 Å². The molecular weight excluding hydrogens is 138 g/mol. The lowest BCUT2D eigenvalue weighted by Gasteiger charge is -2.11. The summed E-state index contributed by atoms with van der Waals surface area (Å²) in [6.07, 6.45) is 3.86. The van der Waals surface area contributed by atoms with Crippen LogP contribution in [0.3, 0.4) is 0 Å². The van der Waals surface area contributed by atoms with Crippen LogP contribution in [-0.2, 0) is 17.6 Å². The second kappa shape index (κ2) is 2.46. The molecule has 0 fully saturated rings. The maximum Gasteiger partial charge on any atom is 0.139 e. The number of hydrogen-bond acceptors (Lipinski definition) is 2. The molecule has 0 unspecified atom stereocenters. The highest BCUT2D eigenvalue weighted by atomic mass is 16.1. The number of fused-ring (bicyclic) bond motifs is 1. The molecule has 2 heteroatoms. The second-order valence-corrected chi connectivity index (χ2v) is 2.82. The molecule has 0 radical (unpaired) electrons. The van der Waals surface area contributed by atoms with Crippen molar-refractivity contribution in [3.63, 3.8) is 0 Å². The molecule has 1 aliphatic carbocycles. The molecule has 0 N–H and O–H groups in total. The quantitative estimate of drug-likeness (QED) is 0.550. The molecule has 0 aromatic carbocycles. The van der Waals surface area contributed by atoms with Crippen LogP contribution in [0.5, 0.6) is 0 Å². The highest BCUT2D eigenvalue weighted by molar-refractivity contribution is 5.82. The fourth-order valence-corrected chi connectivity index (χ4v) is 1.41. The van der Waals surface area contributed by atoms with Gasteiger partial charge < -0.3 is 0 Å². The van der Waals surface area contributed by atoms with Gasteiger partial charge in [0.2, 0.25) is 0 Å². The third kappa shape index (κ3) is 1.16. The lowest BCUT2D eigenvalue weighted by atomic mass is 9.95. The van der Waals surface area contributed by atoms with Crippen LogP contribution in [0.2, 0.25) is 0 Å². The molecule has 1 heterocycles. The minimum absolute atomic E-state index is 0.316. The van der Waals surface area contributed by atoms with Crippen molar-refractivity contribution >= 4 is 5.78 Å². The number of carbonyl (C=O) groups is 1. The summed E-state index contributed by atoms with van der Waals surface area (Å²) in [5.74, 6) is 0.316. The molecule has 0 atom stereocenters. The maximum atomic E-state index is 11.0. The smallest absolute Gasteiger partial charge is 0.139 e. The Morgan fingerprint density at radius 1 is 1.36 bits per heavy atom. The minimum Gasteiger partial charge on any atom is -0.299 e. The van der Waals surface area contributed by atoms with Gasteiger partial charge in [-0.3, -0.25) is 9.78 Å². The Kier molecular flexibility index (Phi) is 1.46. The maximum absolute atomic E-state index is 11.0. The van der Waals surface area contributed by atoms with E-state index in [2.05, 4.69) is 11.1 Å².